The minimum atomic E-state index is -1.07. The van der Waals surface area contributed by atoms with E-state index >= 15 is 0 Å². The molecule has 7 heteroatoms. The van der Waals surface area contributed by atoms with Gasteiger partial charge in [-0.25, -0.2) is 9.97 Å². The first-order valence-electron chi connectivity index (χ1n) is 9.93. The number of aromatic hydroxyl groups is 1. The topological polar surface area (TPSA) is 95.3 Å². The molecule has 1 unspecified atom stereocenters. The summed E-state index contributed by atoms with van der Waals surface area (Å²) in [6.07, 6.45) is 0.641. The number of nitrogens with zero attached hydrogens (tertiary/aromatic N) is 2. The summed E-state index contributed by atoms with van der Waals surface area (Å²) in [5, 5.41) is 23.4. The smallest absolute Gasteiger partial charge is 0.229 e. The standard InChI is InChI=1S/C25H20IN3O3/c26-19-10-6-16(7-11-19)14-22(31)29-25-23(24(32)18-4-2-1-3-5-18)28-21(15-27-25)17-8-12-20(30)13-9-17/h1-13,15,24,30,32H,14H2,(H,27,29,31). The second-order valence-electron chi connectivity index (χ2n) is 7.20. The maximum atomic E-state index is 12.7. The summed E-state index contributed by atoms with van der Waals surface area (Å²) < 4.78 is 1.09. The number of carbonyl (C=O) groups is 1. The third kappa shape index (κ3) is 5.30. The zero-order valence-electron chi connectivity index (χ0n) is 16.9. The molecule has 0 aliphatic carbocycles. The van der Waals surface area contributed by atoms with Crippen LogP contribution in [0.15, 0.2) is 85.1 Å². The molecule has 3 aromatic carbocycles. The van der Waals surface area contributed by atoms with Crippen LogP contribution in [0.5, 0.6) is 5.75 Å². The molecule has 6 nitrogen and oxygen atoms in total. The maximum absolute atomic E-state index is 12.7. The number of aliphatic hydroxyl groups is 1. The van der Waals surface area contributed by atoms with Gasteiger partial charge in [-0.2, -0.15) is 0 Å². The van der Waals surface area contributed by atoms with Crippen molar-refractivity contribution in [3.8, 4) is 17.0 Å². The Kier molecular flexibility index (Phi) is 6.77. The fraction of sp³-hybridized carbons (Fsp3) is 0.0800. The lowest BCUT2D eigenvalue weighted by Gasteiger charge is -2.16. The molecule has 0 radical (unpaired) electrons. The summed E-state index contributed by atoms with van der Waals surface area (Å²) in [5.41, 5.74) is 3.01. The molecule has 1 aromatic heterocycles. The molecule has 1 atom stereocenters. The van der Waals surface area contributed by atoms with Crippen molar-refractivity contribution in [3.63, 3.8) is 0 Å². The van der Waals surface area contributed by atoms with Crippen LogP contribution in [0.4, 0.5) is 5.82 Å². The Balaban J connectivity index is 1.66. The van der Waals surface area contributed by atoms with E-state index in [1.165, 1.54) is 6.20 Å². The lowest BCUT2D eigenvalue weighted by Crippen LogP contribution is -2.19. The fourth-order valence-electron chi connectivity index (χ4n) is 3.22. The zero-order chi connectivity index (χ0) is 22.5. The number of nitrogens with one attached hydrogen (secondary N) is 1. The third-order valence-corrected chi connectivity index (χ3v) is 5.59. The first kappa shape index (κ1) is 21.9. The van der Waals surface area contributed by atoms with Crippen LogP contribution in [0.3, 0.4) is 0 Å². The van der Waals surface area contributed by atoms with Crippen molar-refractivity contribution >= 4 is 34.3 Å². The zero-order valence-corrected chi connectivity index (χ0v) is 19.1. The molecular formula is C25H20IN3O3. The monoisotopic (exact) mass is 537 g/mol. The van der Waals surface area contributed by atoms with Gasteiger partial charge in [0, 0.05) is 9.13 Å². The molecular weight excluding hydrogens is 517 g/mol. The van der Waals surface area contributed by atoms with E-state index in [2.05, 4.69) is 37.9 Å². The molecule has 4 aromatic rings. The lowest BCUT2D eigenvalue weighted by atomic mass is 10.1. The Labute approximate surface area is 199 Å². The summed E-state index contributed by atoms with van der Waals surface area (Å²) in [5.74, 6) is 0.101. The van der Waals surface area contributed by atoms with E-state index in [4.69, 9.17) is 0 Å². The van der Waals surface area contributed by atoms with Crippen LogP contribution in [0, 0.1) is 3.57 Å². The molecule has 0 saturated heterocycles. The lowest BCUT2D eigenvalue weighted by molar-refractivity contribution is -0.115. The molecule has 1 heterocycles. The highest BCUT2D eigenvalue weighted by molar-refractivity contribution is 14.1. The van der Waals surface area contributed by atoms with Crippen molar-refractivity contribution in [2.75, 3.05) is 5.32 Å². The van der Waals surface area contributed by atoms with Crippen molar-refractivity contribution in [1.29, 1.82) is 0 Å². The number of phenolic OH excluding ortho intramolecular Hbond substituents is 1. The minimum Gasteiger partial charge on any atom is -0.508 e. The Bertz CT molecular complexity index is 1210. The molecule has 160 valence electrons. The number of hydrogen-bond acceptors (Lipinski definition) is 5. The molecule has 3 N–H and O–H groups in total. The summed E-state index contributed by atoms with van der Waals surface area (Å²) >= 11 is 2.21. The average molecular weight is 537 g/mol. The van der Waals surface area contributed by atoms with Crippen LogP contribution in [0.1, 0.15) is 22.9 Å². The van der Waals surface area contributed by atoms with Crippen LogP contribution in [-0.2, 0) is 11.2 Å². The van der Waals surface area contributed by atoms with Gasteiger partial charge in [-0.05, 0) is 70.1 Å². The second kappa shape index (κ2) is 9.88. The van der Waals surface area contributed by atoms with Crippen LogP contribution in [0.25, 0.3) is 11.3 Å². The number of rotatable bonds is 6. The molecule has 32 heavy (non-hydrogen) atoms. The predicted molar refractivity (Wildman–Crippen MR) is 131 cm³/mol. The van der Waals surface area contributed by atoms with Crippen LogP contribution < -0.4 is 5.32 Å². The number of amides is 1. The van der Waals surface area contributed by atoms with Crippen molar-refractivity contribution < 1.29 is 15.0 Å². The Morgan fingerprint density at radius 2 is 1.66 bits per heavy atom. The largest absolute Gasteiger partial charge is 0.508 e. The van der Waals surface area contributed by atoms with Gasteiger partial charge in [0.1, 0.15) is 17.5 Å². The first-order chi connectivity index (χ1) is 15.5. The Morgan fingerprint density at radius 3 is 2.34 bits per heavy atom. The minimum absolute atomic E-state index is 0.144. The Morgan fingerprint density at radius 1 is 0.969 bits per heavy atom. The van der Waals surface area contributed by atoms with Crippen molar-refractivity contribution in [2.45, 2.75) is 12.5 Å². The van der Waals surface area contributed by atoms with Gasteiger partial charge in [-0.3, -0.25) is 4.79 Å². The van der Waals surface area contributed by atoms with Crippen LogP contribution in [0.2, 0.25) is 0 Å². The average Bonchev–Trinajstić information content (AvgIpc) is 2.81. The van der Waals surface area contributed by atoms with E-state index in [9.17, 15) is 15.0 Å². The highest BCUT2D eigenvalue weighted by Crippen LogP contribution is 2.29. The first-order valence-corrected chi connectivity index (χ1v) is 11.0. The molecule has 0 fully saturated rings. The quantitative estimate of drug-likeness (QED) is 0.310. The highest BCUT2D eigenvalue weighted by Gasteiger charge is 2.20. The fourth-order valence-corrected chi connectivity index (χ4v) is 3.58. The van der Waals surface area contributed by atoms with Crippen molar-refractivity contribution in [3.05, 3.63) is 105 Å². The Hall–Kier alpha value is -3.30. The number of benzene rings is 3. The molecule has 0 aliphatic rings. The highest BCUT2D eigenvalue weighted by atomic mass is 127. The van der Waals surface area contributed by atoms with Gasteiger partial charge in [0.2, 0.25) is 5.91 Å². The van der Waals surface area contributed by atoms with Crippen molar-refractivity contribution in [2.24, 2.45) is 0 Å². The van der Waals surface area contributed by atoms with Gasteiger partial charge in [0.15, 0.2) is 5.82 Å². The van der Waals surface area contributed by atoms with Gasteiger partial charge in [0.05, 0.1) is 18.3 Å². The second-order valence-corrected chi connectivity index (χ2v) is 8.45. The van der Waals surface area contributed by atoms with E-state index in [-0.39, 0.29) is 29.6 Å². The van der Waals surface area contributed by atoms with Gasteiger partial charge >= 0.3 is 0 Å². The molecule has 0 spiro atoms. The summed E-state index contributed by atoms with van der Waals surface area (Å²) in [6.45, 7) is 0. The number of phenols is 1. The molecule has 0 aliphatic heterocycles. The van der Waals surface area contributed by atoms with Gasteiger partial charge in [-0.1, -0.05) is 42.5 Å². The molecule has 0 saturated carbocycles. The van der Waals surface area contributed by atoms with Gasteiger partial charge < -0.3 is 15.5 Å². The molecule has 1 amide bonds. The van der Waals surface area contributed by atoms with Crippen LogP contribution >= 0.6 is 22.6 Å². The summed E-state index contributed by atoms with van der Waals surface area (Å²) in [7, 11) is 0. The normalized spacial score (nSPS) is 11.7. The SMILES string of the molecule is O=C(Cc1ccc(I)cc1)Nc1ncc(-c2ccc(O)cc2)nc1C(O)c1ccccc1. The summed E-state index contributed by atoms with van der Waals surface area (Å²) in [6, 6.07) is 23.3. The van der Waals surface area contributed by atoms with Crippen LogP contribution in [-0.4, -0.2) is 26.1 Å². The van der Waals surface area contributed by atoms with E-state index in [1.807, 2.05) is 42.5 Å². The number of hydrogen-bond donors (Lipinski definition) is 3. The maximum Gasteiger partial charge on any atom is 0.229 e. The van der Waals surface area contributed by atoms with E-state index in [0.717, 1.165) is 14.7 Å². The molecule has 4 rings (SSSR count). The van der Waals surface area contributed by atoms with E-state index < -0.39 is 6.10 Å². The van der Waals surface area contributed by atoms with E-state index in [1.54, 1.807) is 36.4 Å². The van der Waals surface area contributed by atoms with Crippen molar-refractivity contribution in [1.82, 2.24) is 9.97 Å². The van der Waals surface area contributed by atoms with E-state index in [0.29, 0.717) is 11.3 Å². The van der Waals surface area contributed by atoms with Gasteiger partial charge in [-0.15, -0.1) is 0 Å². The summed E-state index contributed by atoms with van der Waals surface area (Å²) in [4.78, 5) is 21.7. The predicted octanol–water partition coefficient (Wildman–Crippen LogP) is 4.72. The number of aliphatic hydroxyl groups excluding tert-OH is 1. The molecule has 0 bridgehead atoms. The number of halogens is 1. The van der Waals surface area contributed by atoms with Gasteiger partial charge in [0.25, 0.3) is 0 Å². The third-order valence-electron chi connectivity index (χ3n) is 4.87. The number of carbonyl (C=O) groups excluding carboxylic acids is 1. The number of aromatic nitrogens is 2. The number of anilines is 1.